The van der Waals surface area contributed by atoms with E-state index in [0.717, 1.165) is 23.8 Å². The lowest BCUT2D eigenvalue weighted by molar-refractivity contribution is 0.0925. The van der Waals surface area contributed by atoms with Crippen molar-refractivity contribution in [3.05, 3.63) is 71.7 Å². The Balaban J connectivity index is 1.57. The Bertz CT molecular complexity index is 935. The average Bonchev–Trinajstić information content (AvgIpc) is 3.21. The van der Waals surface area contributed by atoms with Crippen LogP contribution in [-0.2, 0) is 5.54 Å². The Morgan fingerprint density at radius 1 is 1.12 bits per heavy atom. The molecule has 2 N–H and O–H groups in total. The molecule has 0 unspecified atom stereocenters. The van der Waals surface area contributed by atoms with E-state index >= 15 is 0 Å². The fourth-order valence-corrected chi connectivity index (χ4v) is 2.84. The highest BCUT2D eigenvalue weighted by Gasteiger charge is 2.47. The second kappa shape index (κ2) is 5.77. The quantitative estimate of drug-likeness (QED) is 0.766. The number of benzene rings is 1. The Morgan fingerprint density at radius 2 is 1.88 bits per heavy atom. The van der Waals surface area contributed by atoms with Gasteiger partial charge in [-0.1, -0.05) is 0 Å². The molecule has 126 valence electrons. The highest BCUT2D eigenvalue weighted by molar-refractivity contribution is 5.94. The molecule has 1 aliphatic rings. The van der Waals surface area contributed by atoms with E-state index in [4.69, 9.17) is 0 Å². The third kappa shape index (κ3) is 2.88. The normalized spacial score (nSPS) is 15.0. The van der Waals surface area contributed by atoms with Crippen LogP contribution in [0.4, 0.5) is 8.78 Å². The lowest BCUT2D eigenvalue weighted by Gasteiger charge is -2.18. The van der Waals surface area contributed by atoms with Crippen molar-refractivity contribution in [3.8, 4) is 11.3 Å². The largest absolute Gasteiger partial charge is 0.341 e. The van der Waals surface area contributed by atoms with Crippen LogP contribution in [0.15, 0.2) is 48.8 Å². The van der Waals surface area contributed by atoms with Crippen molar-refractivity contribution in [2.75, 3.05) is 0 Å². The molecule has 0 aliphatic heterocycles. The molecule has 7 heteroatoms. The summed E-state index contributed by atoms with van der Waals surface area (Å²) in [6.07, 6.45) is 4.39. The molecule has 0 spiro atoms. The summed E-state index contributed by atoms with van der Waals surface area (Å²) in [6, 6.07) is 8.45. The van der Waals surface area contributed by atoms with Gasteiger partial charge in [0.1, 0.15) is 17.3 Å². The van der Waals surface area contributed by atoms with E-state index in [0.29, 0.717) is 18.5 Å². The first-order chi connectivity index (χ1) is 12.1. The number of hydrogen-bond acceptors (Lipinski definition) is 3. The monoisotopic (exact) mass is 340 g/mol. The first-order valence-corrected chi connectivity index (χ1v) is 7.81. The molecule has 1 amide bonds. The summed E-state index contributed by atoms with van der Waals surface area (Å²) in [5, 5.41) is 9.60. The third-order valence-electron chi connectivity index (χ3n) is 4.35. The number of aromatic nitrogens is 3. The van der Waals surface area contributed by atoms with E-state index in [1.54, 1.807) is 30.6 Å². The number of nitrogens with one attached hydrogen (secondary N) is 2. The highest BCUT2D eigenvalue weighted by Crippen LogP contribution is 2.46. The summed E-state index contributed by atoms with van der Waals surface area (Å²) >= 11 is 0. The van der Waals surface area contributed by atoms with Crippen LogP contribution in [0.25, 0.3) is 11.3 Å². The molecule has 0 bridgehead atoms. The lowest BCUT2D eigenvalue weighted by Crippen LogP contribution is -2.35. The van der Waals surface area contributed by atoms with Gasteiger partial charge in [0.25, 0.3) is 5.91 Å². The maximum atomic E-state index is 14.0. The Labute approximate surface area is 142 Å². The van der Waals surface area contributed by atoms with E-state index in [2.05, 4.69) is 20.5 Å². The zero-order valence-corrected chi connectivity index (χ0v) is 13.1. The highest BCUT2D eigenvalue weighted by atomic mass is 19.1. The van der Waals surface area contributed by atoms with Crippen molar-refractivity contribution < 1.29 is 13.6 Å². The molecule has 5 nitrogen and oxygen atoms in total. The molecule has 1 aromatic carbocycles. The maximum Gasteiger partial charge on any atom is 0.270 e. The first-order valence-electron chi connectivity index (χ1n) is 7.81. The van der Waals surface area contributed by atoms with E-state index in [1.807, 2.05) is 0 Å². The Hall–Kier alpha value is -3.09. The van der Waals surface area contributed by atoms with E-state index in [9.17, 15) is 13.6 Å². The summed E-state index contributed by atoms with van der Waals surface area (Å²) in [5.74, 6) is -1.46. The fourth-order valence-electron chi connectivity index (χ4n) is 2.84. The van der Waals surface area contributed by atoms with Gasteiger partial charge >= 0.3 is 0 Å². The molecule has 0 atom stereocenters. The minimum atomic E-state index is -0.856. The van der Waals surface area contributed by atoms with Crippen LogP contribution >= 0.6 is 0 Å². The smallest absolute Gasteiger partial charge is 0.270 e. The van der Waals surface area contributed by atoms with Crippen molar-refractivity contribution in [2.24, 2.45) is 0 Å². The molecule has 2 heterocycles. The summed E-state index contributed by atoms with van der Waals surface area (Å²) in [6.45, 7) is 0. The van der Waals surface area contributed by atoms with Gasteiger partial charge in [0.15, 0.2) is 0 Å². The molecule has 1 saturated carbocycles. The van der Waals surface area contributed by atoms with E-state index in [-0.39, 0.29) is 11.3 Å². The number of pyridine rings is 1. The maximum absolute atomic E-state index is 14.0. The van der Waals surface area contributed by atoms with Gasteiger partial charge in [0.2, 0.25) is 0 Å². The predicted molar refractivity (Wildman–Crippen MR) is 86.6 cm³/mol. The van der Waals surface area contributed by atoms with Crippen molar-refractivity contribution in [1.82, 2.24) is 20.5 Å². The standard InChI is InChI=1S/C18H14F2N4O/c19-12-1-2-14(20)13(9-12)18(5-6-18)22-17(25)16-10-15(23-24-16)11-3-7-21-8-4-11/h1-4,7-10H,5-6H2,(H,22,25)(H,23,24). The van der Waals surface area contributed by atoms with E-state index < -0.39 is 23.1 Å². The fraction of sp³-hybridized carbons (Fsp3) is 0.167. The van der Waals surface area contributed by atoms with Gasteiger partial charge in [-0.2, -0.15) is 5.10 Å². The minimum Gasteiger partial charge on any atom is -0.341 e. The molecule has 3 aromatic rings. The molecular formula is C18H14F2N4O. The number of rotatable bonds is 4. The van der Waals surface area contributed by atoms with Crippen LogP contribution in [-0.4, -0.2) is 21.1 Å². The zero-order chi connectivity index (χ0) is 17.4. The van der Waals surface area contributed by atoms with Crippen molar-refractivity contribution >= 4 is 5.91 Å². The average molecular weight is 340 g/mol. The van der Waals surface area contributed by atoms with Gasteiger partial charge in [0, 0.05) is 23.5 Å². The lowest BCUT2D eigenvalue weighted by atomic mass is 10.0. The zero-order valence-electron chi connectivity index (χ0n) is 13.1. The molecule has 0 radical (unpaired) electrons. The Kier molecular flexibility index (Phi) is 3.56. The number of amides is 1. The number of aromatic amines is 1. The molecule has 4 rings (SSSR count). The van der Waals surface area contributed by atoms with Crippen LogP contribution in [0.1, 0.15) is 28.9 Å². The van der Waals surface area contributed by atoms with Crippen molar-refractivity contribution in [1.29, 1.82) is 0 Å². The number of nitrogens with zero attached hydrogens (tertiary/aromatic N) is 2. The second-order valence-corrected chi connectivity index (χ2v) is 6.06. The first kappa shape index (κ1) is 15.4. The molecule has 2 aromatic heterocycles. The molecule has 1 fully saturated rings. The number of carbonyl (C=O) groups excluding carboxylic acids is 1. The van der Waals surface area contributed by atoms with Gasteiger partial charge in [-0.15, -0.1) is 0 Å². The third-order valence-corrected chi connectivity index (χ3v) is 4.35. The minimum absolute atomic E-state index is 0.176. The van der Waals surface area contributed by atoms with Crippen LogP contribution in [0.5, 0.6) is 0 Å². The molecular weight excluding hydrogens is 326 g/mol. The van der Waals surface area contributed by atoms with E-state index in [1.165, 1.54) is 0 Å². The van der Waals surface area contributed by atoms with Crippen LogP contribution in [0, 0.1) is 11.6 Å². The number of halogens is 2. The van der Waals surface area contributed by atoms with Crippen LogP contribution < -0.4 is 5.32 Å². The van der Waals surface area contributed by atoms with Crippen LogP contribution in [0.2, 0.25) is 0 Å². The molecule has 0 saturated heterocycles. The molecule has 1 aliphatic carbocycles. The number of hydrogen-bond donors (Lipinski definition) is 2. The summed E-state index contributed by atoms with van der Waals surface area (Å²) in [4.78, 5) is 16.4. The second-order valence-electron chi connectivity index (χ2n) is 6.06. The SMILES string of the molecule is O=C(NC1(c2cc(F)ccc2F)CC1)c1cc(-c2ccncc2)n[nH]1. The van der Waals surface area contributed by atoms with Crippen molar-refractivity contribution in [2.45, 2.75) is 18.4 Å². The number of carbonyl (C=O) groups is 1. The van der Waals surface area contributed by atoms with Gasteiger partial charge in [0.05, 0.1) is 11.2 Å². The molecule has 25 heavy (non-hydrogen) atoms. The topological polar surface area (TPSA) is 70.7 Å². The van der Waals surface area contributed by atoms with Crippen LogP contribution in [0.3, 0.4) is 0 Å². The van der Waals surface area contributed by atoms with Gasteiger partial charge in [-0.25, -0.2) is 8.78 Å². The van der Waals surface area contributed by atoms with Crippen molar-refractivity contribution in [3.63, 3.8) is 0 Å². The predicted octanol–water partition coefficient (Wildman–Crippen LogP) is 3.17. The van der Waals surface area contributed by atoms with Gasteiger partial charge in [-0.3, -0.25) is 14.9 Å². The van der Waals surface area contributed by atoms with Gasteiger partial charge < -0.3 is 5.32 Å². The summed E-state index contributed by atoms with van der Waals surface area (Å²) in [7, 11) is 0. The summed E-state index contributed by atoms with van der Waals surface area (Å²) in [5.41, 5.74) is 1.01. The summed E-state index contributed by atoms with van der Waals surface area (Å²) < 4.78 is 27.5. The van der Waals surface area contributed by atoms with Gasteiger partial charge in [-0.05, 0) is 49.2 Å². The number of H-pyrrole nitrogens is 1. The Morgan fingerprint density at radius 3 is 2.60 bits per heavy atom.